The van der Waals surface area contributed by atoms with Gasteiger partial charge in [-0.3, -0.25) is 9.28 Å². The Morgan fingerprint density at radius 1 is 0.824 bits per heavy atom. The van der Waals surface area contributed by atoms with E-state index in [2.05, 4.69) is 49.0 Å². The highest BCUT2D eigenvalue weighted by atomic mass is 16.1. The fourth-order valence-corrected chi connectivity index (χ4v) is 5.23. The predicted octanol–water partition coefficient (Wildman–Crippen LogP) is 7.96. The first-order chi connectivity index (χ1) is 16.6. The molecule has 0 bridgehead atoms. The first-order valence-electron chi connectivity index (χ1n) is 14.8. The van der Waals surface area contributed by atoms with Crippen LogP contribution in [0.1, 0.15) is 136 Å². The van der Waals surface area contributed by atoms with Crippen molar-refractivity contribution in [2.24, 2.45) is 0 Å². The minimum absolute atomic E-state index is 0.0685. The third-order valence-corrected chi connectivity index (χ3v) is 7.52. The summed E-state index contributed by atoms with van der Waals surface area (Å²) in [5, 5.41) is 6.53. The third-order valence-electron chi connectivity index (χ3n) is 7.52. The average molecular weight is 477 g/mol. The van der Waals surface area contributed by atoms with Gasteiger partial charge in [0, 0.05) is 13.3 Å². The molecule has 4 heteroatoms. The van der Waals surface area contributed by atoms with Gasteiger partial charge in [-0.15, -0.1) is 0 Å². The first kappa shape index (κ1) is 30.7. The second-order valence-electron chi connectivity index (χ2n) is 10.4. The van der Waals surface area contributed by atoms with E-state index in [9.17, 15) is 4.79 Å². The number of nitrogens with one attached hydrogen (secondary N) is 2. The lowest BCUT2D eigenvalue weighted by Crippen LogP contribution is -2.55. The largest absolute Gasteiger partial charge is 0.351 e. The molecule has 1 rings (SSSR count). The molecule has 198 valence electrons. The third kappa shape index (κ3) is 14.9. The summed E-state index contributed by atoms with van der Waals surface area (Å²) in [6.07, 6.45) is 34.4. The van der Waals surface area contributed by atoms with E-state index in [-0.39, 0.29) is 5.91 Å². The number of unbranched alkanes of at least 4 members (excludes halogenated alkanes) is 15. The SMILES string of the molecule is CC/C=C/CCCCCCCCCCCCCCCCCC1NC=C[N+]1(CC)CCNC(C)=O. The number of nitrogens with zero attached hydrogens (tertiary/aromatic N) is 1. The Hall–Kier alpha value is -1.29. The Labute approximate surface area is 212 Å². The van der Waals surface area contributed by atoms with Gasteiger partial charge < -0.3 is 10.6 Å². The molecular weight excluding hydrogens is 418 g/mol. The maximum Gasteiger partial charge on any atom is 0.217 e. The van der Waals surface area contributed by atoms with E-state index in [1.54, 1.807) is 6.92 Å². The van der Waals surface area contributed by atoms with Gasteiger partial charge in [0.25, 0.3) is 0 Å². The summed E-state index contributed by atoms with van der Waals surface area (Å²) in [6.45, 7) is 8.87. The van der Waals surface area contributed by atoms with E-state index < -0.39 is 0 Å². The van der Waals surface area contributed by atoms with Gasteiger partial charge in [0.2, 0.25) is 5.91 Å². The summed E-state index contributed by atoms with van der Waals surface area (Å²) in [5.41, 5.74) is 0. The van der Waals surface area contributed by atoms with Crippen molar-refractivity contribution in [2.45, 2.75) is 143 Å². The van der Waals surface area contributed by atoms with E-state index in [0.29, 0.717) is 6.17 Å². The number of quaternary nitrogens is 1. The lowest BCUT2D eigenvalue weighted by atomic mass is 10.0. The van der Waals surface area contributed by atoms with Crippen LogP contribution in [0.5, 0.6) is 0 Å². The van der Waals surface area contributed by atoms with Gasteiger partial charge in [0.05, 0.1) is 19.3 Å². The second kappa shape index (κ2) is 21.0. The van der Waals surface area contributed by atoms with Gasteiger partial charge in [-0.25, -0.2) is 0 Å². The average Bonchev–Trinajstić information content (AvgIpc) is 3.23. The van der Waals surface area contributed by atoms with Crippen LogP contribution < -0.4 is 10.6 Å². The molecule has 2 N–H and O–H groups in total. The molecular formula is C30H58N3O+. The molecule has 0 radical (unpaired) electrons. The smallest absolute Gasteiger partial charge is 0.217 e. The lowest BCUT2D eigenvalue weighted by molar-refractivity contribution is -0.898. The number of rotatable bonds is 23. The van der Waals surface area contributed by atoms with Crippen LogP contribution in [0, 0.1) is 0 Å². The number of carbonyl (C=O) groups excluding carboxylic acids is 1. The van der Waals surface area contributed by atoms with Gasteiger partial charge in [0.15, 0.2) is 6.17 Å². The summed E-state index contributed by atoms with van der Waals surface area (Å²) in [6, 6.07) is 0. The molecule has 1 heterocycles. The van der Waals surface area contributed by atoms with Crippen LogP contribution in [0.25, 0.3) is 0 Å². The lowest BCUT2D eigenvalue weighted by Gasteiger charge is -2.37. The molecule has 0 aromatic heterocycles. The van der Waals surface area contributed by atoms with Crippen molar-refractivity contribution in [1.82, 2.24) is 10.6 Å². The molecule has 2 atom stereocenters. The molecule has 0 fully saturated rings. The summed E-state index contributed by atoms with van der Waals surface area (Å²) >= 11 is 0. The Bertz CT molecular complexity index is 545. The standard InChI is InChI=1S/C30H57N3O/c1-4-6-7-8-9-10-11-12-13-14-15-16-17-18-19-20-21-22-23-24-30-32-26-28-33(30,5-2)27-25-31-29(3)34/h6-7,26,28,30,32H,4-5,8-25,27H2,1-3H3/p+1/b7-6+. The van der Waals surface area contributed by atoms with Crippen LogP contribution in [0.2, 0.25) is 0 Å². The van der Waals surface area contributed by atoms with Crippen LogP contribution in [0.3, 0.4) is 0 Å². The Balaban J connectivity index is 1.89. The Morgan fingerprint density at radius 3 is 1.85 bits per heavy atom. The van der Waals surface area contributed by atoms with Crippen LogP contribution in [-0.4, -0.2) is 36.2 Å². The molecule has 0 spiro atoms. The van der Waals surface area contributed by atoms with Crippen molar-refractivity contribution in [3.8, 4) is 0 Å². The topological polar surface area (TPSA) is 41.1 Å². The van der Waals surface area contributed by atoms with Gasteiger partial charge in [-0.2, -0.15) is 0 Å². The minimum atomic E-state index is 0.0685. The number of allylic oxidation sites excluding steroid dienone is 2. The van der Waals surface area contributed by atoms with Crippen molar-refractivity contribution >= 4 is 5.91 Å². The molecule has 1 amide bonds. The predicted molar refractivity (Wildman–Crippen MR) is 148 cm³/mol. The maximum atomic E-state index is 11.2. The zero-order valence-electron chi connectivity index (χ0n) is 23.1. The van der Waals surface area contributed by atoms with Gasteiger partial charge >= 0.3 is 0 Å². The molecule has 0 saturated carbocycles. The molecule has 0 saturated heterocycles. The van der Waals surface area contributed by atoms with Gasteiger partial charge in [0.1, 0.15) is 12.7 Å². The molecule has 4 nitrogen and oxygen atoms in total. The van der Waals surface area contributed by atoms with Crippen molar-refractivity contribution in [3.63, 3.8) is 0 Å². The van der Waals surface area contributed by atoms with Crippen LogP contribution in [0.4, 0.5) is 0 Å². The van der Waals surface area contributed by atoms with Crippen molar-refractivity contribution in [3.05, 3.63) is 24.6 Å². The minimum Gasteiger partial charge on any atom is -0.351 e. The van der Waals surface area contributed by atoms with E-state index in [0.717, 1.165) is 24.1 Å². The number of amides is 1. The molecule has 1 aliphatic rings. The van der Waals surface area contributed by atoms with Crippen molar-refractivity contribution in [2.75, 3.05) is 19.6 Å². The summed E-state index contributed by atoms with van der Waals surface area (Å²) in [7, 11) is 0. The van der Waals surface area contributed by atoms with Crippen LogP contribution >= 0.6 is 0 Å². The highest BCUT2D eigenvalue weighted by Gasteiger charge is 2.36. The molecule has 2 unspecified atom stereocenters. The molecule has 34 heavy (non-hydrogen) atoms. The second-order valence-corrected chi connectivity index (χ2v) is 10.4. The van der Waals surface area contributed by atoms with Crippen LogP contribution in [-0.2, 0) is 4.79 Å². The Kier molecular flexibility index (Phi) is 19.0. The highest BCUT2D eigenvalue weighted by Crippen LogP contribution is 2.23. The number of carbonyl (C=O) groups is 1. The Morgan fingerprint density at radius 2 is 1.35 bits per heavy atom. The number of likely N-dealkylation sites (N-methyl/N-ethyl adjacent to an activating group) is 1. The fourth-order valence-electron chi connectivity index (χ4n) is 5.23. The van der Waals surface area contributed by atoms with Gasteiger partial charge in [-0.1, -0.05) is 103 Å². The normalized spacial score (nSPS) is 19.7. The zero-order valence-corrected chi connectivity index (χ0v) is 23.1. The number of hydrogen-bond donors (Lipinski definition) is 2. The monoisotopic (exact) mass is 476 g/mol. The quantitative estimate of drug-likeness (QED) is 0.0892. The van der Waals surface area contributed by atoms with Crippen molar-refractivity contribution < 1.29 is 9.28 Å². The summed E-state index contributed by atoms with van der Waals surface area (Å²) in [5.74, 6) is 0.0685. The highest BCUT2D eigenvalue weighted by molar-refractivity contribution is 5.72. The molecule has 1 aliphatic heterocycles. The first-order valence-corrected chi connectivity index (χ1v) is 14.8. The van der Waals surface area contributed by atoms with Gasteiger partial charge in [-0.05, 0) is 32.6 Å². The van der Waals surface area contributed by atoms with E-state index >= 15 is 0 Å². The molecule has 0 aliphatic carbocycles. The van der Waals surface area contributed by atoms with E-state index in [1.807, 2.05) is 0 Å². The zero-order chi connectivity index (χ0) is 24.7. The van der Waals surface area contributed by atoms with Crippen LogP contribution in [0.15, 0.2) is 24.6 Å². The number of hydrogen-bond acceptors (Lipinski definition) is 2. The summed E-state index contributed by atoms with van der Waals surface area (Å²) < 4.78 is 0.955. The van der Waals surface area contributed by atoms with E-state index in [4.69, 9.17) is 0 Å². The maximum absolute atomic E-state index is 11.2. The molecule has 0 aromatic carbocycles. The summed E-state index contributed by atoms with van der Waals surface area (Å²) in [4.78, 5) is 11.2. The molecule has 0 aromatic rings. The fraction of sp³-hybridized carbons (Fsp3) is 0.833. The van der Waals surface area contributed by atoms with Crippen molar-refractivity contribution in [1.29, 1.82) is 0 Å². The van der Waals surface area contributed by atoms with E-state index in [1.165, 1.54) is 116 Å².